The molecule has 2 aromatic heterocycles. The van der Waals surface area contributed by atoms with Gasteiger partial charge in [0.1, 0.15) is 11.6 Å². The average Bonchev–Trinajstić information content (AvgIpc) is 3.59. The summed E-state index contributed by atoms with van der Waals surface area (Å²) in [6.45, 7) is 4.04. The van der Waals surface area contributed by atoms with Crippen LogP contribution < -0.4 is 0 Å². The second-order valence-corrected chi connectivity index (χ2v) is 12.0. The molecule has 39 heavy (non-hydrogen) atoms. The molecule has 1 aliphatic carbocycles. The fraction of sp³-hybridized carbons (Fsp3) is 0.212. The van der Waals surface area contributed by atoms with Crippen LogP contribution in [0.3, 0.4) is 0 Å². The molecule has 1 aliphatic rings. The first kappa shape index (κ1) is 27.1. The number of halogens is 2. The van der Waals surface area contributed by atoms with Crippen molar-refractivity contribution >= 4 is 45.2 Å². The van der Waals surface area contributed by atoms with E-state index in [1.165, 1.54) is 48.0 Å². The van der Waals surface area contributed by atoms with Crippen LogP contribution in [-0.2, 0) is 6.42 Å². The standard InChI is InChI=1S/C33H30F2N2S2/c1-3-4-5-6-7-21-9-11-23(27(35)19-21)29-15-17-31(39-29)25-13-12-24(32(36)33(25)37)30-16-14-28(38-30)22-10-8-20(2)18-26(22)34/h8-19,36-37H,3-7H2,1-2H3. The summed E-state index contributed by atoms with van der Waals surface area (Å²) in [6.07, 6.45) is 9.22. The van der Waals surface area contributed by atoms with Crippen molar-refractivity contribution in [3.05, 3.63) is 105 Å². The van der Waals surface area contributed by atoms with Crippen molar-refractivity contribution < 1.29 is 8.78 Å². The highest BCUT2D eigenvalue weighted by Crippen LogP contribution is 2.39. The minimum Gasteiger partial charge on any atom is -0.298 e. The predicted octanol–water partition coefficient (Wildman–Crippen LogP) is 10.4. The Morgan fingerprint density at radius 2 is 1.18 bits per heavy atom. The highest BCUT2D eigenvalue weighted by molar-refractivity contribution is 7.18. The van der Waals surface area contributed by atoms with Gasteiger partial charge in [0.15, 0.2) is 0 Å². The van der Waals surface area contributed by atoms with E-state index in [-0.39, 0.29) is 23.1 Å². The Kier molecular flexibility index (Phi) is 8.15. The van der Waals surface area contributed by atoms with Crippen LogP contribution in [0.25, 0.3) is 32.0 Å². The van der Waals surface area contributed by atoms with Crippen molar-refractivity contribution in [1.29, 1.82) is 10.8 Å². The third-order valence-electron chi connectivity index (χ3n) is 6.96. The lowest BCUT2D eigenvalue weighted by Gasteiger charge is -2.15. The van der Waals surface area contributed by atoms with Crippen LogP contribution in [0, 0.1) is 29.4 Å². The first-order valence-corrected chi connectivity index (χ1v) is 14.8. The number of hydrogen-bond donors (Lipinski definition) is 2. The van der Waals surface area contributed by atoms with Gasteiger partial charge in [0.2, 0.25) is 0 Å². The first-order chi connectivity index (χ1) is 18.9. The SMILES string of the molecule is CCCCCCc1ccc(-c2ccc(C3=CC=C(c4ccc(-c5ccc(C)cc5F)s4)C(=N)C3=N)s2)c(F)c1. The van der Waals surface area contributed by atoms with Crippen molar-refractivity contribution in [1.82, 2.24) is 0 Å². The van der Waals surface area contributed by atoms with Crippen molar-refractivity contribution in [3.63, 3.8) is 0 Å². The number of unbranched alkanes of at least 4 members (excludes halogenated alkanes) is 3. The molecule has 6 heteroatoms. The van der Waals surface area contributed by atoms with Crippen LogP contribution in [0.2, 0.25) is 0 Å². The molecule has 4 aromatic rings. The molecular weight excluding hydrogens is 527 g/mol. The number of rotatable bonds is 9. The van der Waals surface area contributed by atoms with Gasteiger partial charge in [0, 0.05) is 41.8 Å². The molecule has 0 bridgehead atoms. The molecule has 0 radical (unpaired) electrons. The minimum atomic E-state index is -0.266. The van der Waals surface area contributed by atoms with Crippen LogP contribution in [0.1, 0.15) is 53.5 Å². The van der Waals surface area contributed by atoms with Gasteiger partial charge in [-0.25, -0.2) is 8.78 Å². The van der Waals surface area contributed by atoms with E-state index in [9.17, 15) is 8.78 Å². The molecule has 0 fully saturated rings. The quantitative estimate of drug-likeness (QED) is 0.152. The summed E-state index contributed by atoms with van der Waals surface area (Å²) in [7, 11) is 0. The Morgan fingerprint density at radius 3 is 1.72 bits per heavy atom. The summed E-state index contributed by atoms with van der Waals surface area (Å²) >= 11 is 2.84. The van der Waals surface area contributed by atoms with Gasteiger partial charge in [0.05, 0.1) is 11.4 Å². The molecule has 0 aliphatic heterocycles. The van der Waals surface area contributed by atoms with Crippen molar-refractivity contribution in [2.45, 2.75) is 46.0 Å². The maximum atomic E-state index is 15.0. The molecule has 0 amide bonds. The van der Waals surface area contributed by atoms with Gasteiger partial charge in [-0.2, -0.15) is 0 Å². The van der Waals surface area contributed by atoms with Crippen LogP contribution in [0.15, 0.2) is 72.8 Å². The van der Waals surface area contributed by atoms with E-state index in [0.717, 1.165) is 43.5 Å². The van der Waals surface area contributed by atoms with Gasteiger partial charge >= 0.3 is 0 Å². The lowest BCUT2D eigenvalue weighted by atomic mass is 9.92. The maximum Gasteiger partial charge on any atom is 0.132 e. The minimum absolute atomic E-state index is 0.124. The largest absolute Gasteiger partial charge is 0.298 e. The van der Waals surface area contributed by atoms with Crippen molar-refractivity contribution in [3.8, 4) is 20.9 Å². The average molecular weight is 557 g/mol. The van der Waals surface area contributed by atoms with Crippen LogP contribution in [-0.4, -0.2) is 11.4 Å². The van der Waals surface area contributed by atoms with E-state index >= 15 is 0 Å². The van der Waals surface area contributed by atoms with Gasteiger partial charge in [-0.15, -0.1) is 22.7 Å². The molecule has 2 N–H and O–H groups in total. The third-order valence-corrected chi connectivity index (χ3v) is 9.26. The highest BCUT2D eigenvalue weighted by Gasteiger charge is 2.24. The molecule has 2 heterocycles. The summed E-state index contributed by atoms with van der Waals surface area (Å²) in [5.74, 6) is -0.491. The van der Waals surface area contributed by atoms with Crippen LogP contribution in [0.4, 0.5) is 8.78 Å². The van der Waals surface area contributed by atoms with Crippen molar-refractivity contribution in [2.24, 2.45) is 0 Å². The molecule has 0 unspecified atom stereocenters. The van der Waals surface area contributed by atoms with Gasteiger partial charge in [-0.05, 0) is 67.3 Å². The fourth-order valence-electron chi connectivity index (χ4n) is 4.76. The highest BCUT2D eigenvalue weighted by atomic mass is 32.1. The smallest absolute Gasteiger partial charge is 0.132 e. The predicted molar refractivity (Wildman–Crippen MR) is 163 cm³/mol. The molecule has 0 saturated heterocycles. The Labute approximate surface area is 236 Å². The van der Waals surface area contributed by atoms with Gasteiger partial charge in [-0.1, -0.05) is 62.6 Å². The van der Waals surface area contributed by atoms with Crippen LogP contribution >= 0.6 is 22.7 Å². The molecule has 198 valence electrons. The van der Waals surface area contributed by atoms with Gasteiger partial charge in [0.25, 0.3) is 0 Å². The lowest BCUT2D eigenvalue weighted by Crippen LogP contribution is -2.17. The van der Waals surface area contributed by atoms with Gasteiger partial charge in [-0.3, -0.25) is 10.8 Å². The zero-order chi connectivity index (χ0) is 27.5. The van der Waals surface area contributed by atoms with E-state index in [1.807, 2.05) is 61.5 Å². The number of allylic oxidation sites excluding steroid dienone is 4. The third kappa shape index (κ3) is 5.77. The zero-order valence-electron chi connectivity index (χ0n) is 22.0. The van der Waals surface area contributed by atoms with E-state index < -0.39 is 0 Å². The molecular formula is C33H30F2N2S2. The molecule has 0 saturated carbocycles. The number of aryl methyl sites for hydroxylation is 2. The van der Waals surface area contributed by atoms with E-state index in [2.05, 4.69) is 6.92 Å². The normalized spacial score (nSPS) is 13.5. The van der Waals surface area contributed by atoms with E-state index in [0.29, 0.717) is 22.3 Å². The molecule has 0 spiro atoms. The Balaban J connectivity index is 1.36. The molecule has 0 atom stereocenters. The second-order valence-electron chi connectivity index (χ2n) is 9.85. The summed E-state index contributed by atoms with van der Waals surface area (Å²) < 4.78 is 29.5. The molecule has 2 aromatic carbocycles. The monoisotopic (exact) mass is 556 g/mol. The summed E-state index contributed by atoms with van der Waals surface area (Å²) in [5.41, 5.74) is 4.53. The number of thiophene rings is 2. The van der Waals surface area contributed by atoms with E-state index in [1.54, 1.807) is 12.1 Å². The zero-order valence-corrected chi connectivity index (χ0v) is 23.7. The topological polar surface area (TPSA) is 47.7 Å². The van der Waals surface area contributed by atoms with E-state index in [4.69, 9.17) is 10.8 Å². The number of nitrogens with one attached hydrogen (secondary N) is 2. The molecule has 2 nitrogen and oxygen atoms in total. The van der Waals surface area contributed by atoms with Gasteiger partial charge < -0.3 is 0 Å². The van der Waals surface area contributed by atoms with Crippen molar-refractivity contribution in [2.75, 3.05) is 0 Å². The summed E-state index contributed by atoms with van der Waals surface area (Å²) in [4.78, 5) is 3.23. The summed E-state index contributed by atoms with van der Waals surface area (Å²) in [5, 5.41) is 17.4. The number of benzene rings is 2. The summed E-state index contributed by atoms with van der Waals surface area (Å²) in [6, 6.07) is 18.2. The first-order valence-electron chi connectivity index (χ1n) is 13.2. The second kappa shape index (κ2) is 11.7. The molecule has 5 rings (SSSR count). The number of hydrogen-bond acceptors (Lipinski definition) is 4. The van der Waals surface area contributed by atoms with Crippen LogP contribution in [0.5, 0.6) is 0 Å². The lowest BCUT2D eigenvalue weighted by molar-refractivity contribution is 0.624. The Morgan fingerprint density at radius 1 is 0.641 bits per heavy atom. The fourth-order valence-corrected chi connectivity index (χ4v) is 6.89. The maximum absolute atomic E-state index is 15.0. The Hall–Kier alpha value is -3.48. The Bertz CT molecular complexity index is 1620.